The van der Waals surface area contributed by atoms with Crippen molar-refractivity contribution < 1.29 is 22.7 Å². The first-order valence-electron chi connectivity index (χ1n) is 5.03. The van der Waals surface area contributed by atoms with E-state index in [1.54, 1.807) is 0 Å². The topological polar surface area (TPSA) is 26.3 Å². The van der Waals surface area contributed by atoms with Gasteiger partial charge in [-0.05, 0) is 19.8 Å². The van der Waals surface area contributed by atoms with Crippen molar-refractivity contribution in [3.05, 3.63) is 0 Å². The molecular formula is C10H15F3O2. The van der Waals surface area contributed by atoms with Crippen LogP contribution < -0.4 is 0 Å². The molecule has 1 rings (SSSR count). The SMILES string of the molecule is CC(=O)OC(C)(C1CCCC1)C(F)(F)F. The van der Waals surface area contributed by atoms with Crippen LogP contribution in [0.5, 0.6) is 0 Å². The van der Waals surface area contributed by atoms with Gasteiger partial charge < -0.3 is 4.74 Å². The molecule has 1 aliphatic rings. The Morgan fingerprint density at radius 2 is 1.73 bits per heavy atom. The minimum Gasteiger partial charge on any atom is -0.450 e. The average Bonchev–Trinajstić information content (AvgIpc) is 2.51. The molecule has 0 spiro atoms. The number of carbonyl (C=O) groups is 1. The molecule has 5 heteroatoms. The van der Waals surface area contributed by atoms with Crippen molar-refractivity contribution in [3.8, 4) is 0 Å². The molecule has 0 aromatic rings. The maximum absolute atomic E-state index is 12.8. The zero-order valence-electron chi connectivity index (χ0n) is 8.86. The fourth-order valence-corrected chi connectivity index (χ4v) is 2.15. The van der Waals surface area contributed by atoms with Crippen LogP contribution in [0.4, 0.5) is 13.2 Å². The Labute approximate surface area is 86.8 Å². The largest absolute Gasteiger partial charge is 0.450 e. The molecule has 1 fully saturated rings. The minimum absolute atomic E-state index is 0.475. The molecule has 0 aromatic carbocycles. The number of hydrogen-bond donors (Lipinski definition) is 0. The first-order valence-corrected chi connectivity index (χ1v) is 5.03. The van der Waals surface area contributed by atoms with Gasteiger partial charge in [-0.2, -0.15) is 13.2 Å². The van der Waals surface area contributed by atoms with Crippen LogP contribution in [0.25, 0.3) is 0 Å². The van der Waals surface area contributed by atoms with Gasteiger partial charge in [-0.3, -0.25) is 4.79 Å². The van der Waals surface area contributed by atoms with Gasteiger partial charge in [-0.25, -0.2) is 0 Å². The summed E-state index contributed by atoms with van der Waals surface area (Å²) in [6.07, 6.45) is -1.99. The molecule has 0 amide bonds. The highest BCUT2D eigenvalue weighted by molar-refractivity contribution is 5.66. The summed E-state index contributed by atoms with van der Waals surface area (Å²) < 4.78 is 43.0. The van der Waals surface area contributed by atoms with Gasteiger partial charge in [-0.1, -0.05) is 12.8 Å². The van der Waals surface area contributed by atoms with Crippen molar-refractivity contribution in [2.24, 2.45) is 5.92 Å². The smallest absolute Gasteiger partial charge is 0.428 e. The zero-order valence-corrected chi connectivity index (χ0v) is 8.86. The summed E-state index contributed by atoms with van der Waals surface area (Å²) in [6.45, 7) is 1.99. The molecule has 0 saturated heterocycles. The van der Waals surface area contributed by atoms with Gasteiger partial charge in [0.25, 0.3) is 0 Å². The molecule has 0 radical (unpaired) electrons. The fourth-order valence-electron chi connectivity index (χ4n) is 2.15. The highest BCUT2D eigenvalue weighted by atomic mass is 19.4. The van der Waals surface area contributed by atoms with Crippen molar-refractivity contribution in [2.75, 3.05) is 0 Å². The molecule has 0 N–H and O–H groups in total. The van der Waals surface area contributed by atoms with Crippen LogP contribution >= 0.6 is 0 Å². The quantitative estimate of drug-likeness (QED) is 0.674. The number of rotatable bonds is 2. The summed E-state index contributed by atoms with van der Waals surface area (Å²) in [6, 6.07) is 0. The van der Waals surface area contributed by atoms with Crippen LogP contribution in [0.3, 0.4) is 0 Å². The lowest BCUT2D eigenvalue weighted by atomic mass is 9.87. The maximum Gasteiger partial charge on any atom is 0.428 e. The van der Waals surface area contributed by atoms with Gasteiger partial charge in [0.15, 0.2) is 0 Å². The monoisotopic (exact) mass is 224 g/mol. The first-order chi connectivity index (χ1) is 6.77. The molecule has 88 valence electrons. The fraction of sp³-hybridized carbons (Fsp3) is 0.900. The summed E-state index contributed by atoms with van der Waals surface area (Å²) in [4.78, 5) is 10.7. The number of hydrogen-bond acceptors (Lipinski definition) is 2. The van der Waals surface area contributed by atoms with E-state index in [4.69, 9.17) is 0 Å². The predicted molar refractivity (Wildman–Crippen MR) is 48.2 cm³/mol. The van der Waals surface area contributed by atoms with Crippen LogP contribution in [-0.4, -0.2) is 17.7 Å². The van der Waals surface area contributed by atoms with E-state index in [1.165, 1.54) is 0 Å². The summed E-state index contributed by atoms with van der Waals surface area (Å²) in [5.41, 5.74) is -2.31. The molecule has 2 nitrogen and oxygen atoms in total. The molecule has 1 atom stereocenters. The van der Waals surface area contributed by atoms with Gasteiger partial charge >= 0.3 is 12.1 Å². The van der Waals surface area contributed by atoms with Crippen molar-refractivity contribution >= 4 is 5.97 Å². The van der Waals surface area contributed by atoms with E-state index in [-0.39, 0.29) is 0 Å². The number of ether oxygens (including phenoxy) is 1. The van der Waals surface area contributed by atoms with E-state index in [0.29, 0.717) is 12.8 Å². The second-order valence-corrected chi connectivity index (χ2v) is 4.18. The standard InChI is InChI=1S/C10H15F3O2/c1-7(14)15-9(2,10(11,12)13)8-5-3-4-6-8/h8H,3-6H2,1-2H3. The van der Waals surface area contributed by atoms with Gasteiger partial charge in [0.2, 0.25) is 5.60 Å². The van der Waals surface area contributed by atoms with Gasteiger partial charge in [-0.15, -0.1) is 0 Å². The highest BCUT2D eigenvalue weighted by Crippen LogP contribution is 2.46. The van der Waals surface area contributed by atoms with Crippen molar-refractivity contribution in [2.45, 2.75) is 51.3 Å². The second kappa shape index (κ2) is 4.02. The van der Waals surface area contributed by atoms with E-state index >= 15 is 0 Å². The van der Waals surface area contributed by atoms with Gasteiger partial charge in [0.1, 0.15) is 0 Å². The summed E-state index contributed by atoms with van der Waals surface area (Å²) in [5.74, 6) is -1.47. The molecular weight excluding hydrogens is 209 g/mol. The second-order valence-electron chi connectivity index (χ2n) is 4.18. The normalized spacial score (nSPS) is 22.5. The third-order valence-electron chi connectivity index (χ3n) is 3.05. The summed E-state index contributed by atoms with van der Waals surface area (Å²) in [7, 11) is 0. The Hall–Kier alpha value is -0.740. The molecule has 0 aromatic heterocycles. The molecule has 1 saturated carbocycles. The number of esters is 1. The van der Waals surface area contributed by atoms with E-state index in [1.807, 2.05) is 0 Å². The highest BCUT2D eigenvalue weighted by Gasteiger charge is 2.59. The van der Waals surface area contributed by atoms with Gasteiger partial charge in [0, 0.05) is 12.8 Å². The van der Waals surface area contributed by atoms with Crippen molar-refractivity contribution in [3.63, 3.8) is 0 Å². The van der Waals surface area contributed by atoms with Crippen LogP contribution in [0.1, 0.15) is 39.5 Å². The van der Waals surface area contributed by atoms with E-state index < -0.39 is 23.7 Å². The third-order valence-corrected chi connectivity index (χ3v) is 3.05. The van der Waals surface area contributed by atoms with Crippen LogP contribution in [0, 0.1) is 5.92 Å². The Morgan fingerprint density at radius 3 is 2.07 bits per heavy atom. The molecule has 15 heavy (non-hydrogen) atoms. The molecule has 0 bridgehead atoms. The van der Waals surface area contributed by atoms with Gasteiger partial charge in [0.05, 0.1) is 0 Å². The Morgan fingerprint density at radius 1 is 1.27 bits per heavy atom. The van der Waals surface area contributed by atoms with Crippen molar-refractivity contribution in [1.29, 1.82) is 0 Å². The van der Waals surface area contributed by atoms with E-state index in [2.05, 4.69) is 4.74 Å². The van der Waals surface area contributed by atoms with Crippen molar-refractivity contribution in [1.82, 2.24) is 0 Å². The maximum atomic E-state index is 12.8. The molecule has 0 aliphatic heterocycles. The average molecular weight is 224 g/mol. The minimum atomic E-state index is -4.49. The summed E-state index contributed by atoms with van der Waals surface area (Å²) in [5, 5.41) is 0. The molecule has 0 heterocycles. The first kappa shape index (κ1) is 12.3. The molecule has 1 unspecified atom stereocenters. The Bertz CT molecular complexity index is 244. The predicted octanol–water partition coefficient (Wildman–Crippen LogP) is 3.06. The Kier molecular flexibility index (Phi) is 3.31. The number of alkyl halides is 3. The lowest BCUT2D eigenvalue weighted by molar-refractivity contribution is -0.279. The molecule has 1 aliphatic carbocycles. The summed E-state index contributed by atoms with van der Waals surface area (Å²) >= 11 is 0. The lowest BCUT2D eigenvalue weighted by Crippen LogP contribution is -2.51. The van der Waals surface area contributed by atoms with E-state index in [9.17, 15) is 18.0 Å². The van der Waals surface area contributed by atoms with Crippen LogP contribution in [-0.2, 0) is 9.53 Å². The van der Waals surface area contributed by atoms with E-state index in [0.717, 1.165) is 26.7 Å². The zero-order chi connectivity index (χ0) is 11.7. The number of halogens is 3. The van der Waals surface area contributed by atoms with Crippen LogP contribution in [0.15, 0.2) is 0 Å². The third kappa shape index (κ3) is 2.44. The lowest BCUT2D eigenvalue weighted by Gasteiger charge is -2.36. The Balaban J connectivity index is 2.89. The van der Waals surface area contributed by atoms with Crippen LogP contribution in [0.2, 0.25) is 0 Å². The number of carbonyl (C=O) groups excluding carboxylic acids is 1.